The summed E-state index contributed by atoms with van der Waals surface area (Å²) in [4.78, 5) is 14.8. The SMILES string of the molecule is NCC#Cc1ccsc1C(=O)N1CCCC1. The Bertz CT molecular complexity index is 435. The monoisotopic (exact) mass is 234 g/mol. The molecule has 3 nitrogen and oxygen atoms in total. The first-order valence-corrected chi connectivity index (χ1v) is 6.26. The minimum atomic E-state index is 0.119. The lowest BCUT2D eigenvalue weighted by atomic mass is 10.2. The third-order valence-corrected chi connectivity index (χ3v) is 3.48. The van der Waals surface area contributed by atoms with Crippen LogP contribution in [0.25, 0.3) is 0 Å². The lowest BCUT2D eigenvalue weighted by Crippen LogP contribution is -2.27. The molecule has 0 spiro atoms. The smallest absolute Gasteiger partial charge is 0.265 e. The van der Waals surface area contributed by atoms with Gasteiger partial charge in [-0.25, -0.2) is 0 Å². The van der Waals surface area contributed by atoms with Crippen molar-refractivity contribution in [3.05, 3.63) is 21.9 Å². The summed E-state index contributed by atoms with van der Waals surface area (Å²) in [6.45, 7) is 2.08. The third-order valence-electron chi connectivity index (χ3n) is 2.58. The standard InChI is InChI=1S/C12H14N2OS/c13-6-3-4-10-5-9-16-11(10)12(15)14-7-1-2-8-14/h5,9H,1-2,6-8,13H2. The van der Waals surface area contributed by atoms with Gasteiger partial charge < -0.3 is 10.6 Å². The fourth-order valence-electron chi connectivity index (χ4n) is 1.78. The summed E-state index contributed by atoms with van der Waals surface area (Å²) in [5.41, 5.74) is 6.14. The van der Waals surface area contributed by atoms with Crippen LogP contribution >= 0.6 is 11.3 Å². The molecule has 0 atom stereocenters. The van der Waals surface area contributed by atoms with E-state index < -0.39 is 0 Å². The van der Waals surface area contributed by atoms with Gasteiger partial charge in [0, 0.05) is 18.7 Å². The summed E-state index contributed by atoms with van der Waals surface area (Å²) in [5.74, 6) is 5.85. The molecule has 1 saturated heterocycles. The second-order valence-corrected chi connectivity index (χ2v) is 4.58. The van der Waals surface area contributed by atoms with Gasteiger partial charge in [0.05, 0.1) is 6.54 Å². The second-order valence-electron chi connectivity index (χ2n) is 3.67. The molecule has 2 rings (SSSR count). The molecule has 0 bridgehead atoms. The van der Waals surface area contributed by atoms with Crippen molar-refractivity contribution in [1.82, 2.24) is 4.90 Å². The van der Waals surface area contributed by atoms with E-state index in [9.17, 15) is 4.79 Å². The Morgan fingerprint density at radius 1 is 1.50 bits per heavy atom. The summed E-state index contributed by atoms with van der Waals surface area (Å²) >= 11 is 1.46. The lowest BCUT2D eigenvalue weighted by molar-refractivity contribution is 0.0797. The third kappa shape index (κ3) is 2.26. The first-order chi connectivity index (χ1) is 7.83. The Labute approximate surface area is 99.2 Å². The highest BCUT2D eigenvalue weighted by atomic mass is 32.1. The van der Waals surface area contributed by atoms with Crippen LogP contribution in [0.15, 0.2) is 11.4 Å². The predicted octanol–water partition coefficient (Wildman–Crippen LogP) is 1.29. The maximum absolute atomic E-state index is 12.1. The molecule has 1 aromatic rings. The molecular weight excluding hydrogens is 220 g/mol. The summed E-state index contributed by atoms with van der Waals surface area (Å²) in [7, 11) is 0. The summed E-state index contributed by atoms with van der Waals surface area (Å²) in [5, 5.41) is 1.91. The number of likely N-dealkylation sites (tertiary alicyclic amines) is 1. The molecule has 2 N–H and O–H groups in total. The number of nitrogens with two attached hydrogens (primary N) is 1. The highest BCUT2D eigenvalue weighted by Gasteiger charge is 2.22. The molecule has 1 aliphatic heterocycles. The van der Waals surface area contributed by atoms with E-state index in [-0.39, 0.29) is 5.91 Å². The molecule has 1 amide bonds. The maximum atomic E-state index is 12.1. The van der Waals surface area contributed by atoms with E-state index in [1.54, 1.807) is 0 Å². The molecule has 16 heavy (non-hydrogen) atoms. The molecule has 0 aromatic carbocycles. The van der Waals surface area contributed by atoms with Crippen molar-refractivity contribution in [3.8, 4) is 11.8 Å². The minimum absolute atomic E-state index is 0.119. The number of carbonyl (C=O) groups is 1. The molecule has 2 heterocycles. The molecule has 0 aliphatic carbocycles. The van der Waals surface area contributed by atoms with Gasteiger partial charge in [0.15, 0.2) is 0 Å². The van der Waals surface area contributed by atoms with Crippen LogP contribution in [0.2, 0.25) is 0 Å². The van der Waals surface area contributed by atoms with Crippen molar-refractivity contribution >= 4 is 17.2 Å². The van der Waals surface area contributed by atoms with Crippen LogP contribution in [0, 0.1) is 11.8 Å². The van der Waals surface area contributed by atoms with Gasteiger partial charge in [-0.15, -0.1) is 11.3 Å². The van der Waals surface area contributed by atoms with E-state index in [4.69, 9.17) is 5.73 Å². The van der Waals surface area contributed by atoms with Crippen LogP contribution in [-0.2, 0) is 0 Å². The number of hydrogen-bond donors (Lipinski definition) is 1. The highest BCUT2D eigenvalue weighted by molar-refractivity contribution is 7.12. The average Bonchev–Trinajstić information content (AvgIpc) is 2.96. The minimum Gasteiger partial charge on any atom is -0.338 e. The van der Waals surface area contributed by atoms with Crippen LogP contribution in [0.5, 0.6) is 0 Å². The number of rotatable bonds is 1. The Balaban J connectivity index is 2.19. The highest BCUT2D eigenvalue weighted by Crippen LogP contribution is 2.20. The summed E-state index contributed by atoms with van der Waals surface area (Å²) < 4.78 is 0. The predicted molar refractivity (Wildman–Crippen MR) is 65.4 cm³/mol. The van der Waals surface area contributed by atoms with Crippen molar-refractivity contribution in [2.45, 2.75) is 12.8 Å². The maximum Gasteiger partial charge on any atom is 0.265 e. The number of amides is 1. The van der Waals surface area contributed by atoms with Crippen LogP contribution in [0.3, 0.4) is 0 Å². The average molecular weight is 234 g/mol. The molecule has 4 heteroatoms. The van der Waals surface area contributed by atoms with E-state index in [0.717, 1.165) is 36.4 Å². The van der Waals surface area contributed by atoms with Gasteiger partial charge in [0.25, 0.3) is 5.91 Å². The van der Waals surface area contributed by atoms with Crippen molar-refractivity contribution in [1.29, 1.82) is 0 Å². The van der Waals surface area contributed by atoms with Gasteiger partial charge in [-0.05, 0) is 24.3 Å². The van der Waals surface area contributed by atoms with E-state index in [0.29, 0.717) is 6.54 Å². The van der Waals surface area contributed by atoms with Crippen LogP contribution in [0.1, 0.15) is 28.1 Å². The molecule has 1 fully saturated rings. The quantitative estimate of drug-likeness (QED) is 0.744. The van der Waals surface area contributed by atoms with Gasteiger partial charge in [0.1, 0.15) is 4.88 Å². The number of carbonyl (C=O) groups excluding carboxylic acids is 1. The van der Waals surface area contributed by atoms with Crippen molar-refractivity contribution in [2.24, 2.45) is 5.73 Å². The van der Waals surface area contributed by atoms with Crippen LogP contribution in [0.4, 0.5) is 0 Å². The topological polar surface area (TPSA) is 46.3 Å². The molecular formula is C12H14N2OS. The zero-order valence-corrected chi connectivity index (χ0v) is 9.85. The van der Waals surface area contributed by atoms with E-state index >= 15 is 0 Å². The Morgan fingerprint density at radius 2 is 2.25 bits per heavy atom. The van der Waals surface area contributed by atoms with Gasteiger partial charge in [-0.1, -0.05) is 11.8 Å². The number of hydrogen-bond acceptors (Lipinski definition) is 3. The molecule has 1 aliphatic rings. The normalized spacial score (nSPS) is 14.7. The molecule has 1 aromatic heterocycles. The number of nitrogens with zero attached hydrogens (tertiary/aromatic N) is 1. The Kier molecular flexibility index (Phi) is 3.60. The largest absolute Gasteiger partial charge is 0.338 e. The molecule has 84 valence electrons. The van der Waals surface area contributed by atoms with E-state index in [2.05, 4.69) is 11.8 Å². The van der Waals surface area contributed by atoms with E-state index in [1.807, 2.05) is 16.3 Å². The van der Waals surface area contributed by atoms with Gasteiger partial charge in [0.2, 0.25) is 0 Å². The summed E-state index contributed by atoms with van der Waals surface area (Å²) in [6, 6.07) is 1.89. The van der Waals surface area contributed by atoms with Crippen molar-refractivity contribution in [3.63, 3.8) is 0 Å². The molecule has 0 saturated carbocycles. The fraction of sp³-hybridized carbons (Fsp3) is 0.417. The summed E-state index contributed by atoms with van der Waals surface area (Å²) in [6.07, 6.45) is 2.22. The van der Waals surface area contributed by atoms with Crippen molar-refractivity contribution in [2.75, 3.05) is 19.6 Å². The van der Waals surface area contributed by atoms with Crippen LogP contribution < -0.4 is 5.73 Å². The fourth-order valence-corrected chi connectivity index (χ4v) is 2.60. The Morgan fingerprint density at radius 3 is 2.94 bits per heavy atom. The molecule has 0 radical (unpaired) electrons. The first kappa shape index (κ1) is 11.2. The van der Waals surface area contributed by atoms with Gasteiger partial charge in [-0.3, -0.25) is 4.79 Å². The zero-order chi connectivity index (χ0) is 11.4. The zero-order valence-electron chi connectivity index (χ0n) is 9.03. The second kappa shape index (κ2) is 5.15. The lowest BCUT2D eigenvalue weighted by Gasteiger charge is -2.13. The van der Waals surface area contributed by atoms with Crippen LogP contribution in [-0.4, -0.2) is 30.4 Å². The number of thiophene rings is 1. The van der Waals surface area contributed by atoms with Gasteiger partial charge in [-0.2, -0.15) is 0 Å². The van der Waals surface area contributed by atoms with Gasteiger partial charge >= 0.3 is 0 Å². The molecule has 0 unspecified atom stereocenters. The van der Waals surface area contributed by atoms with Crippen molar-refractivity contribution < 1.29 is 4.79 Å². The Hall–Kier alpha value is -1.31. The first-order valence-electron chi connectivity index (χ1n) is 5.38. The van der Waals surface area contributed by atoms with E-state index in [1.165, 1.54) is 11.3 Å².